The highest BCUT2D eigenvalue weighted by Gasteiger charge is 2.29. The van der Waals surface area contributed by atoms with Crippen LogP contribution in [-0.4, -0.2) is 16.1 Å². The highest BCUT2D eigenvalue weighted by molar-refractivity contribution is 5.69. The fraction of sp³-hybridized carbons (Fsp3) is 0.231. The minimum atomic E-state index is -0.374. The lowest BCUT2D eigenvalue weighted by Gasteiger charge is -2.15. The molecule has 1 aliphatic heterocycles. The van der Waals surface area contributed by atoms with Crippen LogP contribution in [0.5, 0.6) is 0 Å². The minimum Gasteiger partial charge on any atom is -0.445 e. The zero-order chi connectivity index (χ0) is 13.2. The van der Waals surface area contributed by atoms with Gasteiger partial charge in [0.2, 0.25) is 5.88 Å². The van der Waals surface area contributed by atoms with E-state index >= 15 is 0 Å². The molecule has 0 fully saturated rings. The lowest BCUT2D eigenvalue weighted by molar-refractivity contribution is 0.0945. The zero-order valence-electron chi connectivity index (χ0n) is 10.2. The Morgan fingerprint density at radius 2 is 2.16 bits per heavy atom. The van der Waals surface area contributed by atoms with E-state index in [4.69, 9.17) is 15.0 Å². The van der Waals surface area contributed by atoms with Crippen LogP contribution in [0.4, 0.5) is 10.7 Å². The predicted molar refractivity (Wildman–Crippen MR) is 66.8 cm³/mol. The lowest BCUT2D eigenvalue weighted by atomic mass is 10.2. The van der Waals surface area contributed by atoms with Gasteiger partial charge in [-0.3, -0.25) is 4.90 Å². The average molecular weight is 259 g/mol. The van der Waals surface area contributed by atoms with E-state index in [1.54, 1.807) is 4.90 Å². The first-order chi connectivity index (χ1) is 9.24. The summed E-state index contributed by atoms with van der Waals surface area (Å²) in [4.78, 5) is 13.4. The van der Waals surface area contributed by atoms with Gasteiger partial charge in [0.15, 0.2) is 0 Å². The Morgan fingerprint density at radius 1 is 1.37 bits per heavy atom. The fourth-order valence-corrected chi connectivity index (χ4v) is 2.02. The Hall–Kier alpha value is -2.50. The molecule has 0 saturated heterocycles. The van der Waals surface area contributed by atoms with E-state index in [0.717, 1.165) is 11.1 Å². The first-order valence-corrected chi connectivity index (χ1v) is 5.92. The number of anilines is 1. The second-order valence-electron chi connectivity index (χ2n) is 4.37. The van der Waals surface area contributed by atoms with Gasteiger partial charge in [0.05, 0.1) is 18.7 Å². The van der Waals surface area contributed by atoms with Crippen LogP contribution in [0.15, 0.2) is 34.9 Å². The number of rotatable bonds is 2. The van der Waals surface area contributed by atoms with Gasteiger partial charge in [0.1, 0.15) is 12.3 Å². The number of ether oxygens (including phenoxy) is 1. The van der Waals surface area contributed by atoms with E-state index in [1.165, 1.54) is 0 Å². The molecule has 2 N–H and O–H groups in total. The molecule has 1 amide bonds. The third-order valence-electron chi connectivity index (χ3n) is 3.05. The molecule has 1 aromatic carbocycles. The molecule has 0 saturated carbocycles. The molecule has 2 heterocycles. The Labute approximate surface area is 109 Å². The maximum absolute atomic E-state index is 11.9. The summed E-state index contributed by atoms with van der Waals surface area (Å²) in [7, 11) is 0. The molecule has 0 spiro atoms. The standard InChI is InChI=1S/C13H13N3O3/c14-12-10-6-16(7-11(10)15-19-12)13(17)18-8-9-4-2-1-3-5-9/h1-5H,6-8,14H2. The molecule has 6 heteroatoms. The smallest absolute Gasteiger partial charge is 0.410 e. The fourth-order valence-electron chi connectivity index (χ4n) is 2.02. The van der Waals surface area contributed by atoms with Crippen molar-refractivity contribution in [2.24, 2.45) is 0 Å². The maximum atomic E-state index is 11.9. The number of fused-ring (bicyclic) bond motifs is 1. The molecule has 0 aliphatic carbocycles. The number of carbonyl (C=O) groups is 1. The van der Waals surface area contributed by atoms with Crippen molar-refractivity contribution in [3.8, 4) is 0 Å². The molecule has 0 atom stereocenters. The summed E-state index contributed by atoms with van der Waals surface area (Å²) in [5.41, 5.74) is 8.04. The molecular weight excluding hydrogens is 246 g/mol. The summed E-state index contributed by atoms with van der Waals surface area (Å²) < 4.78 is 10.1. The number of aromatic nitrogens is 1. The third-order valence-corrected chi connectivity index (χ3v) is 3.05. The molecule has 3 rings (SSSR count). The summed E-state index contributed by atoms with van der Waals surface area (Å²) in [6, 6.07) is 9.54. The summed E-state index contributed by atoms with van der Waals surface area (Å²) in [6.45, 7) is 1.02. The number of nitrogens with two attached hydrogens (primary N) is 1. The van der Waals surface area contributed by atoms with Crippen LogP contribution in [0.25, 0.3) is 0 Å². The van der Waals surface area contributed by atoms with Crippen molar-refractivity contribution >= 4 is 12.0 Å². The van der Waals surface area contributed by atoms with Crippen LogP contribution in [0.2, 0.25) is 0 Å². The third kappa shape index (κ3) is 2.24. The van der Waals surface area contributed by atoms with Gasteiger partial charge in [0, 0.05) is 0 Å². The second kappa shape index (κ2) is 4.64. The van der Waals surface area contributed by atoms with Crippen molar-refractivity contribution in [2.45, 2.75) is 19.7 Å². The molecule has 1 aromatic heterocycles. The molecule has 0 unspecified atom stereocenters. The highest BCUT2D eigenvalue weighted by Crippen LogP contribution is 2.27. The van der Waals surface area contributed by atoms with Crippen molar-refractivity contribution in [2.75, 3.05) is 5.73 Å². The van der Waals surface area contributed by atoms with Gasteiger partial charge in [-0.05, 0) is 5.56 Å². The van der Waals surface area contributed by atoms with Gasteiger partial charge >= 0.3 is 6.09 Å². The molecule has 2 aromatic rings. The number of benzene rings is 1. The highest BCUT2D eigenvalue weighted by atomic mass is 16.6. The normalized spacial score (nSPS) is 13.4. The van der Waals surface area contributed by atoms with Gasteiger partial charge in [0.25, 0.3) is 0 Å². The van der Waals surface area contributed by atoms with Gasteiger partial charge in [-0.15, -0.1) is 0 Å². The first-order valence-electron chi connectivity index (χ1n) is 5.92. The van der Waals surface area contributed by atoms with Crippen LogP contribution in [0.3, 0.4) is 0 Å². The Bertz CT molecular complexity index is 594. The largest absolute Gasteiger partial charge is 0.445 e. The monoisotopic (exact) mass is 259 g/mol. The molecule has 98 valence electrons. The summed E-state index contributed by atoms with van der Waals surface area (Å²) in [5, 5.41) is 3.80. The first kappa shape index (κ1) is 11.6. The van der Waals surface area contributed by atoms with E-state index in [9.17, 15) is 4.79 Å². The molecule has 6 nitrogen and oxygen atoms in total. The van der Waals surface area contributed by atoms with Crippen molar-refractivity contribution in [3.63, 3.8) is 0 Å². The molecule has 19 heavy (non-hydrogen) atoms. The van der Waals surface area contributed by atoms with Crippen LogP contribution < -0.4 is 5.73 Å². The van der Waals surface area contributed by atoms with Gasteiger partial charge < -0.3 is 15.0 Å². The SMILES string of the molecule is Nc1onc2c1CN(C(=O)OCc1ccccc1)C2. The molecule has 0 radical (unpaired) electrons. The van der Waals surface area contributed by atoms with Crippen molar-refractivity contribution in [1.82, 2.24) is 10.1 Å². The number of hydrogen-bond donors (Lipinski definition) is 1. The minimum absolute atomic E-state index is 0.258. The number of nitrogen functional groups attached to an aromatic ring is 1. The number of hydrogen-bond acceptors (Lipinski definition) is 5. The number of carbonyl (C=O) groups excluding carboxylic acids is 1. The van der Waals surface area contributed by atoms with Crippen LogP contribution >= 0.6 is 0 Å². The van der Waals surface area contributed by atoms with Crippen molar-refractivity contribution < 1.29 is 14.1 Å². The summed E-state index contributed by atoms with van der Waals surface area (Å²) in [6.07, 6.45) is -0.374. The molecule has 1 aliphatic rings. The number of amides is 1. The molecule has 0 bridgehead atoms. The lowest BCUT2D eigenvalue weighted by Crippen LogP contribution is -2.26. The van der Waals surface area contributed by atoms with Crippen molar-refractivity contribution in [3.05, 3.63) is 47.2 Å². The summed E-state index contributed by atoms with van der Waals surface area (Å²) >= 11 is 0. The van der Waals surface area contributed by atoms with E-state index in [2.05, 4.69) is 5.16 Å². The Balaban J connectivity index is 1.58. The van der Waals surface area contributed by atoms with E-state index in [0.29, 0.717) is 18.8 Å². The topological polar surface area (TPSA) is 81.6 Å². The second-order valence-corrected chi connectivity index (χ2v) is 4.37. The van der Waals surface area contributed by atoms with Crippen LogP contribution in [0, 0.1) is 0 Å². The quantitative estimate of drug-likeness (QED) is 0.890. The predicted octanol–water partition coefficient (Wildman–Crippen LogP) is 1.91. The summed E-state index contributed by atoms with van der Waals surface area (Å²) in [5.74, 6) is 0.272. The van der Waals surface area contributed by atoms with E-state index in [-0.39, 0.29) is 18.6 Å². The Morgan fingerprint density at radius 3 is 2.89 bits per heavy atom. The van der Waals surface area contributed by atoms with E-state index < -0.39 is 0 Å². The molecular formula is C13H13N3O3. The van der Waals surface area contributed by atoms with Crippen LogP contribution in [0.1, 0.15) is 16.8 Å². The van der Waals surface area contributed by atoms with Gasteiger partial charge in [-0.2, -0.15) is 0 Å². The van der Waals surface area contributed by atoms with Gasteiger partial charge in [-0.25, -0.2) is 4.79 Å². The van der Waals surface area contributed by atoms with Crippen LogP contribution in [-0.2, 0) is 24.4 Å². The maximum Gasteiger partial charge on any atom is 0.410 e. The number of nitrogens with zero attached hydrogens (tertiary/aromatic N) is 2. The Kier molecular flexibility index (Phi) is 2.83. The zero-order valence-corrected chi connectivity index (χ0v) is 10.2. The average Bonchev–Trinajstić information content (AvgIpc) is 3.00. The van der Waals surface area contributed by atoms with Crippen molar-refractivity contribution in [1.29, 1.82) is 0 Å². The van der Waals surface area contributed by atoms with Gasteiger partial charge in [-0.1, -0.05) is 35.5 Å². The van der Waals surface area contributed by atoms with E-state index in [1.807, 2.05) is 30.3 Å².